The second-order valence-corrected chi connectivity index (χ2v) is 11.8. The molecule has 2 aromatic heterocycles. The number of rotatable bonds is 10. The van der Waals surface area contributed by atoms with E-state index < -0.39 is 5.97 Å². The second-order valence-electron chi connectivity index (χ2n) is 11.4. The Kier molecular flexibility index (Phi) is 8.67. The van der Waals surface area contributed by atoms with Gasteiger partial charge in [0, 0.05) is 55.3 Å². The van der Waals surface area contributed by atoms with Gasteiger partial charge in [-0.1, -0.05) is 30.7 Å². The molecule has 0 spiro atoms. The van der Waals surface area contributed by atoms with Gasteiger partial charge in [-0.2, -0.15) is 0 Å². The third kappa shape index (κ3) is 6.33. The Balaban J connectivity index is 1.22. The molecular weight excluding hydrogens is 596 g/mol. The maximum atomic E-state index is 14.0. The molecule has 0 radical (unpaired) electrons. The number of furan rings is 1. The quantitative estimate of drug-likeness (QED) is 0.201. The van der Waals surface area contributed by atoms with Gasteiger partial charge in [0.1, 0.15) is 35.0 Å². The first kappa shape index (κ1) is 30.5. The Morgan fingerprint density at radius 2 is 1.89 bits per heavy atom. The number of aromatic nitrogens is 1. The fourth-order valence-corrected chi connectivity index (χ4v) is 6.06. The van der Waals surface area contributed by atoms with E-state index in [1.54, 1.807) is 36.2 Å². The molecule has 1 unspecified atom stereocenters. The number of hydrogen-bond acceptors (Lipinski definition) is 8. The zero-order valence-electron chi connectivity index (χ0n) is 25.5. The SMILES string of the molecule is CCOC(=O)CNC(=O)CC(C)c1oc2cc(Cl)c(Oc3ccncc3C(=O)N3CCN(C4CC4)c4ccccc43)cc2c1C. The summed E-state index contributed by atoms with van der Waals surface area (Å²) in [6, 6.07) is 13.7. The van der Waals surface area contributed by atoms with Crippen LogP contribution in [0.25, 0.3) is 11.0 Å². The summed E-state index contributed by atoms with van der Waals surface area (Å²) in [4.78, 5) is 46.4. The van der Waals surface area contributed by atoms with Crippen molar-refractivity contribution in [2.24, 2.45) is 0 Å². The maximum absolute atomic E-state index is 14.0. The molecule has 1 aliphatic heterocycles. The lowest BCUT2D eigenvalue weighted by Crippen LogP contribution is -2.45. The molecular formula is C34H35ClN4O6. The lowest BCUT2D eigenvalue weighted by atomic mass is 10.00. The van der Waals surface area contributed by atoms with Crippen LogP contribution < -0.4 is 19.9 Å². The first-order chi connectivity index (χ1) is 21.7. The maximum Gasteiger partial charge on any atom is 0.325 e. The van der Waals surface area contributed by atoms with Gasteiger partial charge in [0.25, 0.3) is 5.91 Å². The van der Waals surface area contributed by atoms with Crippen molar-refractivity contribution in [1.29, 1.82) is 0 Å². The predicted octanol–water partition coefficient (Wildman–Crippen LogP) is 6.38. The summed E-state index contributed by atoms with van der Waals surface area (Å²) in [5.41, 5.74) is 3.66. The number of aryl methyl sites for hydroxylation is 1. The number of fused-ring (bicyclic) bond motifs is 2. The molecule has 2 amide bonds. The van der Waals surface area contributed by atoms with Gasteiger partial charge in [-0.3, -0.25) is 19.4 Å². The summed E-state index contributed by atoms with van der Waals surface area (Å²) in [6.45, 7) is 6.89. The van der Waals surface area contributed by atoms with E-state index in [0.717, 1.165) is 28.9 Å². The molecule has 0 bridgehead atoms. The highest BCUT2D eigenvalue weighted by Gasteiger charge is 2.36. The molecule has 45 heavy (non-hydrogen) atoms. The van der Waals surface area contributed by atoms with E-state index in [4.69, 9.17) is 25.5 Å². The third-order valence-corrected chi connectivity index (χ3v) is 8.51. The van der Waals surface area contributed by atoms with Crippen molar-refractivity contribution in [3.05, 3.63) is 76.8 Å². The van der Waals surface area contributed by atoms with Crippen molar-refractivity contribution >= 4 is 51.7 Å². The number of halogens is 1. The number of nitrogens with zero attached hydrogens (tertiary/aromatic N) is 3. The number of pyridine rings is 1. The molecule has 1 N–H and O–H groups in total. The number of hydrogen-bond donors (Lipinski definition) is 1. The summed E-state index contributed by atoms with van der Waals surface area (Å²) >= 11 is 6.66. The number of para-hydroxylation sites is 2. The number of nitrogens with one attached hydrogen (secondary N) is 1. The number of amides is 2. The molecule has 10 nitrogen and oxygen atoms in total. The summed E-state index contributed by atoms with van der Waals surface area (Å²) in [5, 5.41) is 3.67. The normalized spacial score (nSPS) is 15.0. The number of carbonyl (C=O) groups is 3. The van der Waals surface area contributed by atoms with Crippen LogP contribution in [-0.4, -0.2) is 55.1 Å². The first-order valence-corrected chi connectivity index (χ1v) is 15.6. The first-order valence-electron chi connectivity index (χ1n) is 15.2. The van der Waals surface area contributed by atoms with Gasteiger partial charge in [0.05, 0.1) is 23.0 Å². The van der Waals surface area contributed by atoms with Gasteiger partial charge in [0.2, 0.25) is 5.91 Å². The Hall–Kier alpha value is -4.57. The molecule has 0 saturated heterocycles. The molecule has 1 aliphatic carbocycles. The van der Waals surface area contributed by atoms with Gasteiger partial charge in [0.15, 0.2) is 0 Å². The van der Waals surface area contributed by atoms with Gasteiger partial charge < -0.3 is 29.0 Å². The molecule has 234 valence electrons. The van der Waals surface area contributed by atoms with Crippen LogP contribution in [0, 0.1) is 6.92 Å². The smallest absolute Gasteiger partial charge is 0.325 e. The summed E-state index contributed by atoms with van der Waals surface area (Å²) in [6.07, 6.45) is 5.58. The number of esters is 1. The largest absolute Gasteiger partial charge is 0.465 e. The van der Waals surface area contributed by atoms with E-state index in [0.29, 0.717) is 46.0 Å². The average Bonchev–Trinajstić information content (AvgIpc) is 3.83. The summed E-state index contributed by atoms with van der Waals surface area (Å²) in [5.74, 6) is 0.0910. The fourth-order valence-electron chi connectivity index (χ4n) is 5.87. The van der Waals surface area contributed by atoms with Gasteiger partial charge in [-0.05, 0) is 56.5 Å². The van der Waals surface area contributed by atoms with Crippen molar-refractivity contribution in [1.82, 2.24) is 10.3 Å². The van der Waals surface area contributed by atoms with Crippen molar-refractivity contribution in [3.63, 3.8) is 0 Å². The number of anilines is 2. The summed E-state index contributed by atoms with van der Waals surface area (Å²) < 4.78 is 17.3. The van der Waals surface area contributed by atoms with Crippen molar-refractivity contribution in [2.75, 3.05) is 36.0 Å². The highest BCUT2D eigenvalue weighted by Crippen LogP contribution is 2.42. The number of benzene rings is 2. The Morgan fingerprint density at radius 3 is 2.64 bits per heavy atom. The van der Waals surface area contributed by atoms with Crippen molar-refractivity contribution in [3.8, 4) is 11.5 Å². The van der Waals surface area contributed by atoms with E-state index in [1.165, 1.54) is 19.0 Å². The van der Waals surface area contributed by atoms with E-state index in [9.17, 15) is 14.4 Å². The zero-order valence-corrected chi connectivity index (χ0v) is 26.2. The highest BCUT2D eigenvalue weighted by atomic mass is 35.5. The van der Waals surface area contributed by atoms with Crippen LogP contribution in [0.5, 0.6) is 11.5 Å². The molecule has 2 aromatic carbocycles. The predicted molar refractivity (Wildman–Crippen MR) is 171 cm³/mol. The van der Waals surface area contributed by atoms with Crippen LogP contribution in [0.3, 0.4) is 0 Å². The molecule has 1 fully saturated rings. The van der Waals surface area contributed by atoms with Gasteiger partial charge in [-0.25, -0.2) is 0 Å². The molecule has 2 aliphatic rings. The van der Waals surface area contributed by atoms with Crippen LogP contribution >= 0.6 is 11.6 Å². The second kappa shape index (κ2) is 12.8. The van der Waals surface area contributed by atoms with Crippen LogP contribution in [0.1, 0.15) is 60.7 Å². The van der Waals surface area contributed by atoms with Gasteiger partial charge >= 0.3 is 5.97 Å². The van der Waals surface area contributed by atoms with E-state index in [1.807, 2.05) is 32.0 Å². The van der Waals surface area contributed by atoms with E-state index in [2.05, 4.69) is 21.3 Å². The van der Waals surface area contributed by atoms with Crippen molar-refractivity contribution < 1.29 is 28.3 Å². The monoisotopic (exact) mass is 630 g/mol. The van der Waals surface area contributed by atoms with Crippen LogP contribution in [0.2, 0.25) is 5.02 Å². The highest BCUT2D eigenvalue weighted by molar-refractivity contribution is 6.32. The minimum Gasteiger partial charge on any atom is -0.465 e. The topological polar surface area (TPSA) is 114 Å². The Bertz CT molecular complexity index is 1770. The third-order valence-electron chi connectivity index (χ3n) is 8.21. The lowest BCUT2D eigenvalue weighted by molar-refractivity contribution is -0.143. The molecule has 3 heterocycles. The van der Waals surface area contributed by atoms with Crippen LogP contribution in [0.4, 0.5) is 11.4 Å². The molecule has 4 aromatic rings. The average molecular weight is 631 g/mol. The molecule has 1 saturated carbocycles. The number of ether oxygens (including phenoxy) is 2. The Labute approximate surface area is 266 Å². The zero-order chi connectivity index (χ0) is 31.7. The molecule has 11 heteroatoms. The summed E-state index contributed by atoms with van der Waals surface area (Å²) in [7, 11) is 0. The minimum absolute atomic E-state index is 0.123. The number of carbonyl (C=O) groups excluding carboxylic acids is 3. The van der Waals surface area contributed by atoms with E-state index >= 15 is 0 Å². The standard InChI is InChI=1S/C34H35ClN4O6/c1-4-43-32(41)19-37-31(40)15-20(2)33-21(3)23-16-30(25(35)17-29(23)45-33)44-28-11-12-36-18-24(28)34(42)39-14-13-38(22-9-10-22)26-7-5-6-8-27(26)39/h5-8,11-12,16-18,20,22H,4,9-10,13-15,19H2,1-3H3,(H,37,40). The van der Waals surface area contributed by atoms with E-state index in [-0.39, 0.29) is 37.3 Å². The Morgan fingerprint density at radius 1 is 1.11 bits per heavy atom. The van der Waals surface area contributed by atoms with Crippen molar-refractivity contribution in [2.45, 2.75) is 52.0 Å². The lowest BCUT2D eigenvalue weighted by Gasteiger charge is -2.38. The van der Waals surface area contributed by atoms with Crippen LogP contribution in [-0.2, 0) is 14.3 Å². The van der Waals surface area contributed by atoms with Gasteiger partial charge in [-0.15, -0.1) is 0 Å². The van der Waals surface area contributed by atoms with Crippen LogP contribution in [0.15, 0.2) is 59.3 Å². The fraction of sp³-hybridized carbons (Fsp3) is 0.353. The molecule has 1 atom stereocenters. The molecule has 6 rings (SSSR count). The minimum atomic E-state index is -0.486.